The number of anilines is 2. The lowest BCUT2D eigenvalue weighted by Gasteiger charge is -2.35. The summed E-state index contributed by atoms with van der Waals surface area (Å²) in [5.74, 6) is 1.21. The third-order valence-corrected chi connectivity index (χ3v) is 5.61. The Labute approximate surface area is 177 Å². The van der Waals surface area contributed by atoms with E-state index in [1.165, 1.54) is 17.5 Å². The Kier molecular flexibility index (Phi) is 6.05. The van der Waals surface area contributed by atoms with Crippen LogP contribution in [-0.4, -0.2) is 47.0 Å². The van der Waals surface area contributed by atoms with Gasteiger partial charge in [-0.1, -0.05) is 36.4 Å². The maximum atomic E-state index is 12.6. The van der Waals surface area contributed by atoms with E-state index in [9.17, 15) is 4.79 Å². The first kappa shape index (κ1) is 20.0. The predicted octanol–water partition coefficient (Wildman–Crippen LogP) is 3.67. The summed E-state index contributed by atoms with van der Waals surface area (Å²) in [5, 5.41) is 2.90. The van der Waals surface area contributed by atoms with Gasteiger partial charge in [-0.05, 0) is 42.7 Å². The summed E-state index contributed by atoms with van der Waals surface area (Å²) in [5.41, 5.74) is 4.23. The molecule has 0 radical (unpaired) electrons. The van der Waals surface area contributed by atoms with Gasteiger partial charge in [0.25, 0.3) is 5.91 Å². The highest BCUT2D eigenvalue weighted by Gasteiger charge is 2.19. The molecule has 1 aliphatic rings. The van der Waals surface area contributed by atoms with E-state index in [0.717, 1.165) is 44.1 Å². The molecule has 1 fully saturated rings. The Bertz CT molecular complexity index is 1010. The van der Waals surface area contributed by atoms with E-state index in [2.05, 4.69) is 49.4 Å². The van der Waals surface area contributed by atoms with Crippen LogP contribution < -0.4 is 10.2 Å². The molecule has 6 heteroatoms. The van der Waals surface area contributed by atoms with Crippen LogP contribution in [0.5, 0.6) is 0 Å². The molecule has 0 saturated carbocycles. The molecule has 0 spiro atoms. The van der Waals surface area contributed by atoms with E-state index < -0.39 is 0 Å². The van der Waals surface area contributed by atoms with Gasteiger partial charge < -0.3 is 10.2 Å². The molecule has 0 unspecified atom stereocenters. The minimum atomic E-state index is -0.157. The first-order valence-corrected chi connectivity index (χ1v) is 10.3. The van der Waals surface area contributed by atoms with Crippen molar-refractivity contribution in [2.45, 2.75) is 20.4 Å². The summed E-state index contributed by atoms with van der Waals surface area (Å²) < 4.78 is 0. The van der Waals surface area contributed by atoms with Gasteiger partial charge in [0, 0.05) is 44.4 Å². The predicted molar refractivity (Wildman–Crippen MR) is 120 cm³/mol. The summed E-state index contributed by atoms with van der Waals surface area (Å²) in [6.07, 6.45) is 1.52. The van der Waals surface area contributed by atoms with Crippen LogP contribution in [0.2, 0.25) is 0 Å². The third kappa shape index (κ3) is 4.83. The minimum Gasteiger partial charge on any atom is -0.354 e. The van der Waals surface area contributed by atoms with Gasteiger partial charge in [-0.3, -0.25) is 9.69 Å². The number of rotatable bonds is 5. The molecule has 2 heterocycles. The molecule has 3 aromatic rings. The number of aryl methyl sites for hydroxylation is 2. The van der Waals surface area contributed by atoms with E-state index in [1.807, 2.05) is 44.2 Å². The number of aromatic nitrogens is 2. The smallest absolute Gasteiger partial charge is 0.256 e. The third-order valence-electron chi connectivity index (χ3n) is 5.61. The van der Waals surface area contributed by atoms with E-state index in [1.54, 1.807) is 0 Å². The second kappa shape index (κ2) is 9.05. The Hall–Kier alpha value is -3.25. The maximum absolute atomic E-state index is 12.6. The first-order valence-electron chi connectivity index (χ1n) is 10.3. The fourth-order valence-corrected chi connectivity index (χ4v) is 3.64. The van der Waals surface area contributed by atoms with Gasteiger partial charge >= 0.3 is 0 Å². The molecule has 4 rings (SSSR count). The van der Waals surface area contributed by atoms with Crippen molar-refractivity contribution < 1.29 is 4.79 Å². The summed E-state index contributed by atoms with van der Waals surface area (Å²) in [4.78, 5) is 25.9. The lowest BCUT2D eigenvalue weighted by atomic mass is 10.1. The highest BCUT2D eigenvalue weighted by atomic mass is 16.1. The topological polar surface area (TPSA) is 61.4 Å². The molecule has 1 aliphatic heterocycles. The van der Waals surface area contributed by atoms with Crippen LogP contribution >= 0.6 is 0 Å². The van der Waals surface area contributed by atoms with Gasteiger partial charge in [0.05, 0.1) is 0 Å². The number of nitrogens with zero attached hydrogens (tertiary/aromatic N) is 4. The molecule has 30 heavy (non-hydrogen) atoms. The van der Waals surface area contributed by atoms with E-state index >= 15 is 0 Å². The number of hydrogen-bond acceptors (Lipinski definition) is 5. The number of amides is 1. The van der Waals surface area contributed by atoms with Gasteiger partial charge in [0.2, 0.25) is 0 Å². The van der Waals surface area contributed by atoms with Gasteiger partial charge in [0.1, 0.15) is 18.0 Å². The van der Waals surface area contributed by atoms with Gasteiger partial charge in [0.15, 0.2) is 0 Å². The Morgan fingerprint density at radius 3 is 2.43 bits per heavy atom. The number of nitrogens with one attached hydrogen (secondary N) is 1. The lowest BCUT2D eigenvalue weighted by Crippen LogP contribution is -2.46. The van der Waals surface area contributed by atoms with Gasteiger partial charge in [-0.15, -0.1) is 0 Å². The number of carbonyl (C=O) groups is 1. The number of hydrogen-bond donors (Lipinski definition) is 1. The summed E-state index contributed by atoms with van der Waals surface area (Å²) >= 11 is 0. The standard InChI is InChI=1S/C24H27N5O/c1-18-8-9-21(14-19(18)2)24(30)27-22-15-23(26-17-25-22)29-12-10-28(11-13-29)16-20-6-4-3-5-7-20/h3-9,14-15,17H,10-13,16H2,1-2H3,(H,25,26,27,30). The van der Waals surface area contributed by atoms with E-state index in [0.29, 0.717) is 11.4 Å². The molecule has 2 aromatic carbocycles. The quantitative estimate of drug-likeness (QED) is 0.707. The molecule has 1 amide bonds. The highest BCUT2D eigenvalue weighted by molar-refractivity contribution is 6.04. The zero-order valence-corrected chi connectivity index (χ0v) is 17.5. The second-order valence-electron chi connectivity index (χ2n) is 7.76. The molecule has 0 atom stereocenters. The average molecular weight is 402 g/mol. The van der Waals surface area contributed by atoms with E-state index in [4.69, 9.17) is 0 Å². The molecule has 154 valence electrons. The normalized spacial score (nSPS) is 14.5. The van der Waals surface area contributed by atoms with Crippen molar-refractivity contribution in [1.29, 1.82) is 0 Å². The van der Waals surface area contributed by atoms with Crippen LogP contribution in [0, 0.1) is 13.8 Å². The first-order chi connectivity index (χ1) is 14.6. The lowest BCUT2D eigenvalue weighted by molar-refractivity contribution is 0.102. The van der Waals surface area contributed by atoms with Crippen LogP contribution in [-0.2, 0) is 6.54 Å². The van der Waals surface area contributed by atoms with Crippen molar-refractivity contribution in [3.63, 3.8) is 0 Å². The SMILES string of the molecule is Cc1ccc(C(=O)Nc2cc(N3CCN(Cc4ccccc4)CC3)ncn2)cc1C. The van der Waals surface area contributed by atoms with Crippen LogP contribution in [0.3, 0.4) is 0 Å². The van der Waals surface area contributed by atoms with Crippen LogP contribution in [0.4, 0.5) is 11.6 Å². The molecule has 0 bridgehead atoms. The molecule has 6 nitrogen and oxygen atoms in total. The van der Waals surface area contributed by atoms with Crippen LogP contribution in [0.25, 0.3) is 0 Å². The molecule has 1 N–H and O–H groups in total. The van der Waals surface area contributed by atoms with Gasteiger partial charge in [-0.2, -0.15) is 0 Å². The Balaban J connectivity index is 1.36. The zero-order chi connectivity index (χ0) is 20.9. The maximum Gasteiger partial charge on any atom is 0.256 e. The molecular formula is C24H27N5O. The number of benzene rings is 2. The van der Waals surface area contributed by atoms with Crippen LogP contribution in [0.15, 0.2) is 60.9 Å². The molecule has 1 aromatic heterocycles. The summed E-state index contributed by atoms with van der Waals surface area (Å²) in [6.45, 7) is 8.75. The van der Waals surface area contributed by atoms with Crippen molar-refractivity contribution in [2.75, 3.05) is 36.4 Å². The fourth-order valence-electron chi connectivity index (χ4n) is 3.64. The average Bonchev–Trinajstić information content (AvgIpc) is 2.77. The van der Waals surface area contributed by atoms with Crippen molar-refractivity contribution in [1.82, 2.24) is 14.9 Å². The Morgan fingerprint density at radius 2 is 1.70 bits per heavy atom. The molecule has 0 aliphatic carbocycles. The van der Waals surface area contributed by atoms with Crippen molar-refractivity contribution in [3.05, 3.63) is 83.2 Å². The summed E-state index contributed by atoms with van der Waals surface area (Å²) in [7, 11) is 0. The van der Waals surface area contributed by atoms with Gasteiger partial charge in [-0.25, -0.2) is 9.97 Å². The Morgan fingerprint density at radius 1 is 0.933 bits per heavy atom. The van der Waals surface area contributed by atoms with E-state index in [-0.39, 0.29) is 5.91 Å². The highest BCUT2D eigenvalue weighted by Crippen LogP contribution is 2.18. The molecular weight excluding hydrogens is 374 g/mol. The minimum absolute atomic E-state index is 0.157. The second-order valence-corrected chi connectivity index (χ2v) is 7.76. The largest absolute Gasteiger partial charge is 0.354 e. The molecule has 1 saturated heterocycles. The van der Waals surface area contributed by atoms with Crippen molar-refractivity contribution in [3.8, 4) is 0 Å². The monoisotopic (exact) mass is 401 g/mol. The zero-order valence-electron chi connectivity index (χ0n) is 17.5. The van der Waals surface area contributed by atoms with Crippen molar-refractivity contribution in [2.24, 2.45) is 0 Å². The summed E-state index contributed by atoms with van der Waals surface area (Å²) in [6, 6.07) is 18.1. The number of carbonyl (C=O) groups excluding carboxylic acids is 1. The van der Waals surface area contributed by atoms with Crippen molar-refractivity contribution >= 4 is 17.5 Å². The van der Waals surface area contributed by atoms with Crippen LogP contribution in [0.1, 0.15) is 27.0 Å². The fraction of sp³-hybridized carbons (Fsp3) is 0.292. The number of piperazine rings is 1.